The van der Waals surface area contributed by atoms with Crippen LogP contribution in [0.2, 0.25) is 0 Å². The highest BCUT2D eigenvalue weighted by atomic mass is 32.2. The van der Waals surface area contributed by atoms with E-state index in [1.54, 1.807) is 23.8 Å². The molecular weight excluding hydrogens is 404 g/mol. The topological polar surface area (TPSA) is 77.1 Å². The van der Waals surface area contributed by atoms with Crippen LogP contribution in [-0.2, 0) is 9.53 Å². The van der Waals surface area contributed by atoms with Crippen LogP contribution in [0, 0.1) is 0 Å². The Kier molecular flexibility index (Phi) is 7.18. The number of rotatable bonds is 10. The van der Waals surface area contributed by atoms with E-state index in [-0.39, 0.29) is 17.2 Å². The van der Waals surface area contributed by atoms with Gasteiger partial charge in [-0.2, -0.15) is 0 Å². The van der Waals surface area contributed by atoms with Crippen molar-refractivity contribution in [1.82, 2.24) is 10.2 Å². The summed E-state index contributed by atoms with van der Waals surface area (Å²) in [5.41, 5.74) is 1.36. The normalized spacial score (nSPS) is 21.4. The van der Waals surface area contributed by atoms with Crippen molar-refractivity contribution in [3.8, 4) is 11.5 Å². The molecule has 2 aliphatic rings. The quantitative estimate of drug-likeness (QED) is 0.567. The molecule has 166 valence electrons. The highest BCUT2D eigenvalue weighted by molar-refractivity contribution is 8.01. The van der Waals surface area contributed by atoms with Gasteiger partial charge in [-0.25, -0.2) is 0 Å². The summed E-state index contributed by atoms with van der Waals surface area (Å²) >= 11 is 1.63. The summed E-state index contributed by atoms with van der Waals surface area (Å²) in [6, 6.07) is 3.15. The first-order valence-corrected chi connectivity index (χ1v) is 11.4. The minimum Gasteiger partial charge on any atom is -0.493 e. The minimum atomic E-state index is -0.566. The molecule has 2 atom stereocenters. The summed E-state index contributed by atoms with van der Waals surface area (Å²) in [7, 11) is 3.07. The van der Waals surface area contributed by atoms with E-state index in [4.69, 9.17) is 14.2 Å². The van der Waals surface area contributed by atoms with E-state index in [0.29, 0.717) is 30.2 Å². The van der Waals surface area contributed by atoms with E-state index < -0.39 is 10.8 Å². The molecule has 0 bridgehead atoms. The minimum absolute atomic E-state index is 0.129. The first kappa shape index (κ1) is 22.7. The molecule has 0 aliphatic carbocycles. The van der Waals surface area contributed by atoms with Crippen LogP contribution in [0.5, 0.6) is 11.5 Å². The predicted octanol–water partition coefficient (Wildman–Crippen LogP) is 3.38. The Morgan fingerprint density at radius 3 is 2.60 bits per heavy atom. The summed E-state index contributed by atoms with van der Waals surface area (Å²) in [6.45, 7) is 8.06. The molecule has 2 unspecified atom stereocenters. The molecule has 0 spiro atoms. The molecule has 2 heterocycles. The highest BCUT2D eigenvalue weighted by Gasteiger charge is 2.58. The van der Waals surface area contributed by atoms with Gasteiger partial charge in [0.1, 0.15) is 11.4 Å². The Hall–Kier alpha value is -1.93. The largest absolute Gasteiger partial charge is 0.493 e. The maximum absolute atomic E-state index is 13.4. The zero-order valence-electron chi connectivity index (χ0n) is 18.4. The lowest BCUT2D eigenvalue weighted by Crippen LogP contribution is -2.52. The van der Waals surface area contributed by atoms with Gasteiger partial charge in [0.25, 0.3) is 5.91 Å². The molecule has 2 amide bonds. The molecular formula is C22H32N2O5S. The SMILES string of the molecule is CCCCOCCCNC(=O)C1N2C(=O)c3c(ccc(OC)c3OC)C2SC1(C)C. The van der Waals surface area contributed by atoms with Gasteiger partial charge in [0.15, 0.2) is 11.5 Å². The second-order valence-corrected chi connectivity index (χ2v) is 9.80. The number of methoxy groups -OCH3 is 2. The van der Waals surface area contributed by atoms with E-state index >= 15 is 0 Å². The highest BCUT2D eigenvalue weighted by Crippen LogP contribution is 2.58. The average molecular weight is 437 g/mol. The molecule has 3 rings (SSSR count). The number of carbonyl (C=O) groups excluding carboxylic acids is 2. The van der Waals surface area contributed by atoms with E-state index in [2.05, 4.69) is 12.2 Å². The first-order chi connectivity index (χ1) is 14.4. The van der Waals surface area contributed by atoms with E-state index in [9.17, 15) is 9.59 Å². The molecule has 0 aromatic heterocycles. The fourth-order valence-electron chi connectivity index (χ4n) is 4.09. The predicted molar refractivity (Wildman–Crippen MR) is 117 cm³/mol. The van der Waals surface area contributed by atoms with Gasteiger partial charge in [-0.1, -0.05) is 19.4 Å². The Labute approximate surface area is 182 Å². The average Bonchev–Trinajstić information content (AvgIpc) is 3.15. The van der Waals surface area contributed by atoms with E-state index in [1.165, 1.54) is 7.11 Å². The number of carbonyl (C=O) groups is 2. The zero-order chi connectivity index (χ0) is 21.9. The Morgan fingerprint density at radius 1 is 1.20 bits per heavy atom. The molecule has 30 heavy (non-hydrogen) atoms. The molecule has 2 aliphatic heterocycles. The van der Waals surface area contributed by atoms with Crippen LogP contribution in [0.25, 0.3) is 0 Å². The van der Waals surface area contributed by atoms with Crippen molar-refractivity contribution >= 4 is 23.6 Å². The molecule has 1 saturated heterocycles. The molecule has 1 fully saturated rings. The zero-order valence-corrected chi connectivity index (χ0v) is 19.3. The number of unbranched alkanes of at least 4 members (excludes halogenated alkanes) is 1. The standard InChI is InChI=1S/C22H32N2O5S/c1-6-7-12-29-13-8-11-23-19(25)18-22(2,3)30-21-14-9-10-15(27-4)17(28-5)16(14)20(26)24(18)21/h9-10,18,21H,6-8,11-13H2,1-5H3,(H,23,25). The van der Waals surface area contributed by atoms with Gasteiger partial charge in [-0.3, -0.25) is 9.59 Å². The third-order valence-electron chi connectivity index (χ3n) is 5.55. The first-order valence-electron chi connectivity index (χ1n) is 10.5. The molecule has 1 N–H and O–H groups in total. The van der Waals surface area contributed by atoms with Crippen LogP contribution in [-0.4, -0.2) is 61.5 Å². The van der Waals surface area contributed by atoms with Crippen LogP contribution in [0.3, 0.4) is 0 Å². The molecule has 0 radical (unpaired) electrons. The fourth-order valence-corrected chi connectivity index (χ4v) is 5.67. The van der Waals surface area contributed by atoms with Crippen molar-refractivity contribution in [2.24, 2.45) is 0 Å². The van der Waals surface area contributed by atoms with Crippen LogP contribution in [0.1, 0.15) is 61.3 Å². The van der Waals surface area contributed by atoms with Gasteiger partial charge in [0.2, 0.25) is 5.91 Å². The third-order valence-corrected chi connectivity index (χ3v) is 7.09. The number of benzene rings is 1. The number of hydrogen-bond donors (Lipinski definition) is 1. The summed E-state index contributed by atoms with van der Waals surface area (Å²) in [5.74, 6) is 0.623. The molecule has 1 aromatic carbocycles. The second kappa shape index (κ2) is 9.47. The summed E-state index contributed by atoms with van der Waals surface area (Å²) in [6.07, 6.45) is 2.90. The lowest BCUT2D eigenvalue weighted by Gasteiger charge is -2.29. The van der Waals surface area contributed by atoms with E-state index in [0.717, 1.165) is 31.4 Å². The molecule has 0 saturated carbocycles. The monoisotopic (exact) mass is 436 g/mol. The Morgan fingerprint density at radius 2 is 1.93 bits per heavy atom. The van der Waals surface area contributed by atoms with Crippen molar-refractivity contribution in [3.05, 3.63) is 23.3 Å². The summed E-state index contributed by atoms with van der Waals surface area (Å²) in [5, 5.41) is 2.79. The van der Waals surface area contributed by atoms with Crippen molar-refractivity contribution in [2.75, 3.05) is 34.0 Å². The van der Waals surface area contributed by atoms with Crippen molar-refractivity contribution in [2.45, 2.75) is 56.2 Å². The van der Waals surface area contributed by atoms with Crippen LogP contribution in [0.4, 0.5) is 0 Å². The maximum Gasteiger partial charge on any atom is 0.260 e. The fraction of sp³-hybridized carbons (Fsp3) is 0.636. The lowest BCUT2D eigenvalue weighted by molar-refractivity contribution is -0.126. The van der Waals surface area contributed by atoms with Gasteiger partial charge in [-0.15, -0.1) is 11.8 Å². The van der Waals surface area contributed by atoms with Crippen LogP contribution >= 0.6 is 11.8 Å². The van der Waals surface area contributed by atoms with Gasteiger partial charge in [0, 0.05) is 30.1 Å². The van der Waals surface area contributed by atoms with Crippen molar-refractivity contribution in [1.29, 1.82) is 0 Å². The third kappa shape index (κ3) is 4.12. The number of hydrogen-bond acceptors (Lipinski definition) is 6. The molecule has 8 heteroatoms. The Bertz CT molecular complexity index is 798. The molecule has 7 nitrogen and oxygen atoms in total. The lowest BCUT2D eigenvalue weighted by atomic mass is 10.0. The second-order valence-electron chi connectivity index (χ2n) is 8.06. The van der Waals surface area contributed by atoms with Gasteiger partial charge >= 0.3 is 0 Å². The van der Waals surface area contributed by atoms with Crippen LogP contribution in [0.15, 0.2) is 12.1 Å². The Balaban J connectivity index is 1.73. The van der Waals surface area contributed by atoms with Gasteiger partial charge in [0.05, 0.1) is 19.8 Å². The van der Waals surface area contributed by atoms with Gasteiger partial charge < -0.3 is 24.4 Å². The summed E-state index contributed by atoms with van der Waals surface area (Å²) in [4.78, 5) is 28.2. The van der Waals surface area contributed by atoms with E-state index in [1.807, 2.05) is 26.0 Å². The maximum atomic E-state index is 13.4. The number of ether oxygens (including phenoxy) is 3. The number of amides is 2. The number of thioether (sulfide) groups is 1. The summed E-state index contributed by atoms with van der Waals surface area (Å²) < 4.78 is 16.0. The van der Waals surface area contributed by atoms with Crippen molar-refractivity contribution < 1.29 is 23.8 Å². The number of nitrogens with zero attached hydrogens (tertiary/aromatic N) is 1. The van der Waals surface area contributed by atoms with Crippen LogP contribution < -0.4 is 14.8 Å². The van der Waals surface area contributed by atoms with Crippen molar-refractivity contribution in [3.63, 3.8) is 0 Å². The number of fused-ring (bicyclic) bond motifs is 3. The van der Waals surface area contributed by atoms with Gasteiger partial charge in [-0.05, 0) is 32.8 Å². The smallest absolute Gasteiger partial charge is 0.260 e. The number of nitrogens with one attached hydrogen (secondary N) is 1. The molecule has 1 aromatic rings.